The Bertz CT molecular complexity index is 1470. The van der Waals surface area contributed by atoms with Crippen molar-refractivity contribution in [2.24, 2.45) is 5.41 Å². The lowest BCUT2D eigenvalue weighted by Gasteiger charge is -2.28. The van der Waals surface area contributed by atoms with Crippen molar-refractivity contribution in [3.05, 3.63) is 54.5 Å². The van der Waals surface area contributed by atoms with Crippen LogP contribution in [0.3, 0.4) is 0 Å². The Morgan fingerprint density at radius 2 is 2.00 bits per heavy atom. The van der Waals surface area contributed by atoms with Gasteiger partial charge in [0.05, 0.1) is 12.3 Å². The summed E-state index contributed by atoms with van der Waals surface area (Å²) in [6.07, 6.45) is -3.41. The Morgan fingerprint density at radius 1 is 1.29 bits per heavy atom. The van der Waals surface area contributed by atoms with Crippen LogP contribution in [0.25, 0.3) is 5.52 Å². The van der Waals surface area contributed by atoms with Crippen LogP contribution in [0.1, 0.15) is 39.5 Å². The molecule has 6 atom stereocenters. The molecule has 5 N–H and O–H groups in total. The maximum absolute atomic E-state index is 13.9. The fourth-order valence-electron chi connectivity index (χ4n) is 4.07. The van der Waals surface area contributed by atoms with E-state index in [2.05, 4.69) is 15.2 Å². The third-order valence-electron chi connectivity index (χ3n) is 6.21. The molecule has 14 nitrogen and oxygen atoms in total. The molecule has 1 unspecified atom stereocenters. The number of aliphatic hydroxyl groups excluding tert-OH is 2. The van der Waals surface area contributed by atoms with E-state index in [0.29, 0.717) is 5.52 Å². The molecule has 1 saturated heterocycles. The summed E-state index contributed by atoms with van der Waals surface area (Å²) in [5.74, 6) is -0.383. The number of carbonyl (C=O) groups excluding carboxylic acids is 1. The number of esters is 1. The van der Waals surface area contributed by atoms with E-state index in [1.807, 2.05) is 26.8 Å². The number of aromatic nitrogens is 3. The van der Waals surface area contributed by atoms with Crippen LogP contribution in [-0.2, 0) is 23.4 Å². The SMILES string of the molecule is C[C@@H](NP(=O)(OC[C@@]1(C#N)O[C@@H](c2ccc3c(N)ncnn23)[C@H](O)[C@@H]1O)Oc1ccccc1)C(=O)OCC(C)(C)C. The molecule has 1 fully saturated rings. The van der Waals surface area contributed by atoms with E-state index in [1.165, 1.54) is 29.9 Å². The number of hydrogen-bond donors (Lipinski definition) is 4. The number of hydrogen-bond acceptors (Lipinski definition) is 12. The molecule has 2 aromatic heterocycles. The largest absolute Gasteiger partial charge is 0.464 e. The number of nitrogens with one attached hydrogen (secondary N) is 1. The van der Waals surface area contributed by atoms with E-state index >= 15 is 0 Å². The second kappa shape index (κ2) is 11.7. The quantitative estimate of drug-likeness (QED) is 0.198. The molecule has 0 radical (unpaired) electrons. The Labute approximate surface area is 236 Å². The molecule has 1 aromatic carbocycles. The van der Waals surface area contributed by atoms with Crippen molar-refractivity contribution in [3.8, 4) is 11.8 Å². The number of nitrogen functional groups attached to an aromatic ring is 1. The number of aliphatic hydroxyl groups is 2. The fourth-order valence-corrected chi connectivity index (χ4v) is 5.59. The highest BCUT2D eigenvalue weighted by molar-refractivity contribution is 7.52. The summed E-state index contributed by atoms with van der Waals surface area (Å²) in [4.78, 5) is 16.5. The molecular formula is C26H33N6O8P. The summed E-state index contributed by atoms with van der Waals surface area (Å²) in [5.41, 5.74) is 4.12. The molecule has 0 spiro atoms. The standard InChI is InChI=1S/C26H33N6O8P/c1-16(24(35)37-13-25(2,3)4)31-41(36,40-17-8-6-5-7-9-17)38-14-26(12-27)22(34)20(33)21(39-26)18-10-11-19-23(28)29-15-30-32(18)19/h5-11,15-16,20-22,33-34H,13-14H2,1-4H3,(H,31,36)(H2,28,29,30)/t16-,20+,21+,22+,26-,41?/m1/s1. The topological polar surface area (TPSA) is 204 Å². The van der Waals surface area contributed by atoms with E-state index < -0.39 is 50.3 Å². The molecule has 0 amide bonds. The van der Waals surface area contributed by atoms with Gasteiger partial charge >= 0.3 is 13.7 Å². The lowest BCUT2D eigenvalue weighted by atomic mass is 9.96. The first kappa shape index (κ1) is 30.4. The Hall–Kier alpha value is -3.57. The number of carbonyl (C=O) groups is 1. The highest BCUT2D eigenvalue weighted by Crippen LogP contribution is 2.48. The lowest BCUT2D eigenvalue weighted by Crippen LogP contribution is -2.46. The highest BCUT2D eigenvalue weighted by Gasteiger charge is 2.57. The molecule has 0 aliphatic carbocycles. The molecule has 15 heteroatoms. The zero-order valence-corrected chi connectivity index (χ0v) is 23.9. The monoisotopic (exact) mass is 588 g/mol. The first-order valence-electron chi connectivity index (χ1n) is 12.7. The third kappa shape index (κ3) is 6.68. The maximum Gasteiger partial charge on any atom is 0.459 e. The predicted molar refractivity (Wildman–Crippen MR) is 145 cm³/mol. The Kier molecular flexibility index (Phi) is 8.70. The molecule has 0 saturated carbocycles. The van der Waals surface area contributed by atoms with Gasteiger partial charge < -0.3 is 29.9 Å². The van der Waals surface area contributed by atoms with E-state index in [-0.39, 0.29) is 29.3 Å². The molecule has 3 aromatic rings. The zero-order valence-electron chi connectivity index (χ0n) is 23.0. The van der Waals surface area contributed by atoms with Gasteiger partial charge in [0.15, 0.2) is 5.82 Å². The average Bonchev–Trinajstić information content (AvgIpc) is 3.46. The second-order valence-electron chi connectivity index (χ2n) is 10.9. The van der Waals surface area contributed by atoms with Gasteiger partial charge in [-0.15, -0.1) is 0 Å². The number of fused-ring (bicyclic) bond motifs is 1. The van der Waals surface area contributed by atoms with Crippen LogP contribution in [-0.4, -0.2) is 67.8 Å². The van der Waals surface area contributed by atoms with E-state index in [1.54, 1.807) is 30.3 Å². The number of rotatable bonds is 10. The average molecular weight is 589 g/mol. The van der Waals surface area contributed by atoms with Gasteiger partial charge in [-0.1, -0.05) is 39.0 Å². The Balaban J connectivity index is 1.57. The molecule has 1 aliphatic heterocycles. The van der Waals surface area contributed by atoms with Gasteiger partial charge in [-0.05, 0) is 36.6 Å². The molecule has 4 rings (SSSR count). The van der Waals surface area contributed by atoms with Crippen LogP contribution in [0.15, 0.2) is 48.8 Å². The second-order valence-corrected chi connectivity index (χ2v) is 12.6. The van der Waals surface area contributed by atoms with Crippen molar-refractivity contribution in [2.75, 3.05) is 18.9 Å². The molecule has 220 valence electrons. The molecule has 0 bridgehead atoms. The van der Waals surface area contributed by atoms with Gasteiger partial charge in [0.1, 0.15) is 54.6 Å². The zero-order chi connectivity index (χ0) is 30.0. The summed E-state index contributed by atoms with van der Waals surface area (Å²) in [6.45, 7) is 6.39. The summed E-state index contributed by atoms with van der Waals surface area (Å²) in [5, 5.41) is 38.5. The summed E-state index contributed by atoms with van der Waals surface area (Å²) >= 11 is 0. The number of para-hydroxylation sites is 1. The van der Waals surface area contributed by atoms with Crippen LogP contribution >= 0.6 is 7.75 Å². The van der Waals surface area contributed by atoms with Gasteiger partial charge in [-0.25, -0.2) is 14.1 Å². The van der Waals surface area contributed by atoms with E-state index in [0.717, 1.165) is 0 Å². The lowest BCUT2D eigenvalue weighted by molar-refractivity contribution is -0.148. The molecule has 3 heterocycles. The van der Waals surface area contributed by atoms with Crippen LogP contribution in [0.2, 0.25) is 0 Å². The highest BCUT2D eigenvalue weighted by atomic mass is 31.2. The Morgan fingerprint density at radius 3 is 2.66 bits per heavy atom. The maximum atomic E-state index is 13.9. The predicted octanol–water partition coefficient (Wildman–Crippen LogP) is 2.14. The van der Waals surface area contributed by atoms with Gasteiger partial charge in [0.2, 0.25) is 5.60 Å². The summed E-state index contributed by atoms with van der Waals surface area (Å²) in [7, 11) is -4.41. The normalized spacial score (nSPS) is 24.9. The number of benzene rings is 1. The fraction of sp³-hybridized carbons (Fsp3) is 0.462. The number of nitrogens with zero attached hydrogens (tertiary/aromatic N) is 4. The van der Waals surface area contributed by atoms with Crippen molar-refractivity contribution >= 4 is 25.1 Å². The van der Waals surface area contributed by atoms with Crippen LogP contribution < -0.4 is 15.3 Å². The first-order chi connectivity index (χ1) is 19.3. The minimum absolute atomic E-state index is 0.115. The van der Waals surface area contributed by atoms with Gasteiger partial charge in [0.25, 0.3) is 0 Å². The summed E-state index contributed by atoms with van der Waals surface area (Å²) < 4.78 is 37.7. The van der Waals surface area contributed by atoms with Gasteiger partial charge in [0, 0.05) is 0 Å². The van der Waals surface area contributed by atoms with Crippen molar-refractivity contribution in [1.82, 2.24) is 19.7 Å². The number of anilines is 1. The van der Waals surface area contributed by atoms with Crippen molar-refractivity contribution in [1.29, 1.82) is 5.26 Å². The van der Waals surface area contributed by atoms with Crippen LogP contribution in [0, 0.1) is 16.7 Å². The van der Waals surface area contributed by atoms with Gasteiger partial charge in [-0.3, -0.25) is 9.32 Å². The van der Waals surface area contributed by atoms with E-state index in [9.17, 15) is 24.8 Å². The van der Waals surface area contributed by atoms with Crippen molar-refractivity contribution < 1.29 is 38.1 Å². The number of nitriles is 1. The first-order valence-corrected chi connectivity index (χ1v) is 14.3. The van der Waals surface area contributed by atoms with Crippen molar-refractivity contribution in [2.45, 2.75) is 57.6 Å². The molecule has 1 aliphatic rings. The molecular weight excluding hydrogens is 555 g/mol. The van der Waals surface area contributed by atoms with Crippen molar-refractivity contribution in [3.63, 3.8) is 0 Å². The minimum atomic E-state index is -4.41. The number of ether oxygens (including phenoxy) is 2. The van der Waals surface area contributed by atoms with Crippen LogP contribution in [0.5, 0.6) is 5.75 Å². The van der Waals surface area contributed by atoms with Crippen LogP contribution in [0.4, 0.5) is 5.82 Å². The van der Waals surface area contributed by atoms with E-state index in [4.69, 9.17) is 24.3 Å². The smallest absolute Gasteiger partial charge is 0.459 e. The molecule has 41 heavy (non-hydrogen) atoms. The number of nitrogens with two attached hydrogens (primary N) is 1. The third-order valence-corrected chi connectivity index (χ3v) is 7.83. The minimum Gasteiger partial charge on any atom is -0.464 e. The van der Waals surface area contributed by atoms with Gasteiger partial charge in [-0.2, -0.15) is 15.4 Å². The summed E-state index contributed by atoms with van der Waals surface area (Å²) in [6, 6.07) is 11.9.